The van der Waals surface area contributed by atoms with Crippen molar-refractivity contribution < 1.29 is 14.4 Å². The van der Waals surface area contributed by atoms with Crippen LogP contribution >= 0.6 is 23.1 Å². The van der Waals surface area contributed by atoms with Crippen LogP contribution in [0.3, 0.4) is 0 Å². The molecular formula is C24H25N5O3S2. The van der Waals surface area contributed by atoms with Crippen molar-refractivity contribution in [2.24, 2.45) is 5.92 Å². The summed E-state index contributed by atoms with van der Waals surface area (Å²) in [5.41, 5.74) is 1.17. The van der Waals surface area contributed by atoms with Gasteiger partial charge in [0, 0.05) is 37.0 Å². The minimum absolute atomic E-state index is 0.0164. The van der Waals surface area contributed by atoms with Crippen molar-refractivity contribution in [1.29, 1.82) is 0 Å². The summed E-state index contributed by atoms with van der Waals surface area (Å²) in [6.45, 7) is 3.91. The number of imide groups is 1. The van der Waals surface area contributed by atoms with E-state index in [4.69, 9.17) is 4.98 Å². The molecule has 2 saturated heterocycles. The molecule has 0 bridgehead atoms. The molecule has 0 atom stereocenters. The van der Waals surface area contributed by atoms with E-state index in [0.29, 0.717) is 6.54 Å². The van der Waals surface area contributed by atoms with Crippen molar-refractivity contribution in [3.8, 4) is 10.4 Å². The maximum atomic E-state index is 12.7. The zero-order chi connectivity index (χ0) is 23.7. The van der Waals surface area contributed by atoms with Crippen LogP contribution in [-0.2, 0) is 9.59 Å². The number of thioether (sulfide) groups is 1. The summed E-state index contributed by atoms with van der Waals surface area (Å²) in [6.07, 6.45) is 1.45. The van der Waals surface area contributed by atoms with Crippen molar-refractivity contribution in [3.63, 3.8) is 0 Å². The van der Waals surface area contributed by atoms with Crippen LogP contribution in [0.5, 0.6) is 0 Å². The van der Waals surface area contributed by atoms with Gasteiger partial charge in [-0.2, -0.15) is 0 Å². The Morgan fingerprint density at radius 1 is 1.15 bits per heavy atom. The van der Waals surface area contributed by atoms with Crippen LogP contribution in [0.15, 0.2) is 36.4 Å². The molecule has 3 amide bonds. The van der Waals surface area contributed by atoms with Gasteiger partial charge in [-0.25, -0.2) is 9.97 Å². The van der Waals surface area contributed by atoms with Gasteiger partial charge in [0.15, 0.2) is 0 Å². The lowest BCUT2D eigenvalue weighted by Gasteiger charge is -2.32. The van der Waals surface area contributed by atoms with E-state index < -0.39 is 0 Å². The van der Waals surface area contributed by atoms with Gasteiger partial charge in [0.2, 0.25) is 11.8 Å². The number of benzene rings is 1. The predicted octanol–water partition coefficient (Wildman–Crippen LogP) is 3.69. The fourth-order valence-corrected chi connectivity index (χ4v) is 6.21. The Kier molecular flexibility index (Phi) is 6.51. The van der Waals surface area contributed by atoms with Crippen molar-refractivity contribution in [2.45, 2.75) is 19.8 Å². The molecule has 4 heterocycles. The van der Waals surface area contributed by atoms with Crippen LogP contribution in [0.1, 0.15) is 18.7 Å². The molecule has 10 heteroatoms. The van der Waals surface area contributed by atoms with Crippen LogP contribution in [0, 0.1) is 12.8 Å². The molecule has 0 saturated carbocycles. The molecule has 5 rings (SSSR count). The summed E-state index contributed by atoms with van der Waals surface area (Å²) in [5, 5.41) is 3.72. The van der Waals surface area contributed by atoms with E-state index in [-0.39, 0.29) is 35.3 Å². The number of carbonyl (C=O) groups is 3. The van der Waals surface area contributed by atoms with E-state index in [9.17, 15) is 14.4 Å². The molecule has 34 heavy (non-hydrogen) atoms. The third-order valence-corrected chi connectivity index (χ3v) is 8.12. The minimum Gasteiger partial charge on any atom is -0.356 e. The zero-order valence-electron chi connectivity index (χ0n) is 18.8. The molecule has 0 unspecified atom stereocenters. The van der Waals surface area contributed by atoms with E-state index in [0.717, 1.165) is 59.6 Å². The number of aromatic nitrogens is 2. The third kappa shape index (κ3) is 4.65. The standard InChI is InChI=1S/C24H25N5O3S2/c1-15-26-21(18-13-19(34-23(18)27-15)16-5-3-2-4-6-16)28-10-7-17(8-11-28)22(31)25-9-12-29-20(30)14-33-24(29)32/h2-6,13,17H,7-12,14H2,1H3,(H,25,31). The number of rotatable bonds is 6. The van der Waals surface area contributed by atoms with E-state index in [1.54, 1.807) is 11.3 Å². The number of nitrogens with zero attached hydrogens (tertiary/aromatic N) is 4. The maximum Gasteiger partial charge on any atom is 0.288 e. The van der Waals surface area contributed by atoms with Crippen molar-refractivity contribution in [1.82, 2.24) is 20.2 Å². The molecule has 1 aromatic carbocycles. The second-order valence-electron chi connectivity index (χ2n) is 8.44. The molecule has 2 aromatic heterocycles. The van der Waals surface area contributed by atoms with Crippen LogP contribution in [0.25, 0.3) is 20.7 Å². The molecule has 0 spiro atoms. The first-order chi connectivity index (χ1) is 16.5. The van der Waals surface area contributed by atoms with Gasteiger partial charge in [-0.3, -0.25) is 19.3 Å². The SMILES string of the molecule is Cc1nc(N2CCC(C(=O)NCCN3C(=O)CSC3=O)CC2)c2cc(-c3ccccc3)sc2n1. The van der Waals surface area contributed by atoms with Crippen LogP contribution in [0.4, 0.5) is 10.6 Å². The van der Waals surface area contributed by atoms with E-state index >= 15 is 0 Å². The first-order valence-electron chi connectivity index (χ1n) is 11.3. The van der Waals surface area contributed by atoms with Crippen molar-refractivity contribution in [2.75, 3.05) is 36.8 Å². The molecule has 2 fully saturated rings. The van der Waals surface area contributed by atoms with Gasteiger partial charge in [-0.1, -0.05) is 42.1 Å². The second kappa shape index (κ2) is 9.71. The Bertz CT molecular complexity index is 1220. The molecule has 176 valence electrons. The number of carbonyl (C=O) groups excluding carboxylic acids is 3. The van der Waals surface area contributed by atoms with Gasteiger partial charge >= 0.3 is 0 Å². The van der Waals surface area contributed by atoms with Gasteiger partial charge in [0.25, 0.3) is 5.24 Å². The van der Waals surface area contributed by atoms with Gasteiger partial charge in [0.1, 0.15) is 16.5 Å². The number of aryl methyl sites for hydroxylation is 1. The Morgan fingerprint density at radius 3 is 2.62 bits per heavy atom. The summed E-state index contributed by atoms with van der Waals surface area (Å²) < 4.78 is 0. The van der Waals surface area contributed by atoms with Gasteiger partial charge in [0.05, 0.1) is 11.1 Å². The summed E-state index contributed by atoms with van der Waals surface area (Å²) in [4.78, 5) is 51.0. The van der Waals surface area contributed by atoms with E-state index in [2.05, 4.69) is 33.4 Å². The van der Waals surface area contributed by atoms with Crippen LogP contribution in [0.2, 0.25) is 0 Å². The highest BCUT2D eigenvalue weighted by Gasteiger charge is 2.30. The number of piperidine rings is 1. The monoisotopic (exact) mass is 495 g/mol. The Morgan fingerprint density at radius 2 is 1.91 bits per heavy atom. The quantitative estimate of drug-likeness (QED) is 0.557. The molecule has 1 N–H and O–H groups in total. The van der Waals surface area contributed by atoms with Crippen molar-refractivity contribution in [3.05, 3.63) is 42.2 Å². The lowest BCUT2D eigenvalue weighted by atomic mass is 9.95. The molecule has 2 aliphatic rings. The molecule has 8 nitrogen and oxygen atoms in total. The number of hydrogen-bond donors (Lipinski definition) is 1. The molecule has 0 radical (unpaired) electrons. The summed E-state index contributed by atoms with van der Waals surface area (Å²) in [5.74, 6) is 1.58. The lowest BCUT2D eigenvalue weighted by Crippen LogP contribution is -2.43. The van der Waals surface area contributed by atoms with Crippen molar-refractivity contribution >= 4 is 56.2 Å². The maximum absolute atomic E-state index is 12.7. The summed E-state index contributed by atoms with van der Waals surface area (Å²) in [7, 11) is 0. The summed E-state index contributed by atoms with van der Waals surface area (Å²) >= 11 is 2.68. The van der Waals surface area contributed by atoms with E-state index in [1.165, 1.54) is 15.3 Å². The molecule has 0 aliphatic carbocycles. The lowest BCUT2D eigenvalue weighted by molar-refractivity contribution is -0.127. The molecular weight excluding hydrogens is 470 g/mol. The number of thiophene rings is 1. The highest BCUT2D eigenvalue weighted by Crippen LogP contribution is 2.37. The Labute approximate surface area is 205 Å². The van der Waals surface area contributed by atoms with Crippen LogP contribution < -0.4 is 10.2 Å². The average molecular weight is 496 g/mol. The largest absolute Gasteiger partial charge is 0.356 e. The van der Waals surface area contributed by atoms with Gasteiger partial charge in [-0.05, 0) is 31.4 Å². The Balaban J connectivity index is 1.22. The fraction of sp³-hybridized carbons (Fsp3) is 0.375. The van der Waals surface area contributed by atoms with Crippen LogP contribution in [-0.4, -0.2) is 63.9 Å². The number of anilines is 1. The summed E-state index contributed by atoms with van der Waals surface area (Å²) in [6, 6.07) is 12.5. The first-order valence-corrected chi connectivity index (χ1v) is 13.1. The van der Waals surface area contributed by atoms with Gasteiger partial charge < -0.3 is 10.2 Å². The molecule has 2 aliphatic heterocycles. The highest BCUT2D eigenvalue weighted by atomic mass is 32.2. The number of nitrogens with one attached hydrogen (secondary N) is 1. The first kappa shape index (κ1) is 22.8. The fourth-order valence-electron chi connectivity index (χ4n) is 4.38. The molecule has 3 aromatic rings. The zero-order valence-corrected chi connectivity index (χ0v) is 20.5. The number of hydrogen-bond acceptors (Lipinski definition) is 8. The average Bonchev–Trinajstić information content (AvgIpc) is 3.42. The second-order valence-corrected chi connectivity index (χ2v) is 10.4. The normalized spacial score (nSPS) is 17.1. The highest BCUT2D eigenvalue weighted by molar-refractivity contribution is 8.14. The van der Waals surface area contributed by atoms with Gasteiger partial charge in [-0.15, -0.1) is 11.3 Å². The minimum atomic E-state index is -0.233. The predicted molar refractivity (Wildman–Crippen MR) is 135 cm³/mol. The smallest absolute Gasteiger partial charge is 0.288 e. The van der Waals surface area contributed by atoms with E-state index in [1.807, 2.05) is 25.1 Å². The number of amides is 3. The third-order valence-electron chi connectivity index (χ3n) is 6.18. The Hall–Kier alpha value is -2.98. The number of fused-ring (bicyclic) bond motifs is 1. The topological polar surface area (TPSA) is 95.5 Å².